The Balaban J connectivity index is 1.63. The maximum absolute atomic E-state index is 12.5. The number of nitrogens with one attached hydrogen (secondary N) is 2. The molecule has 2 aromatic rings. The van der Waals surface area contributed by atoms with E-state index in [-0.39, 0.29) is 17.6 Å². The molecule has 1 aliphatic heterocycles. The summed E-state index contributed by atoms with van der Waals surface area (Å²) < 4.78 is 6.19. The fraction of sp³-hybridized carbons (Fsp3) is 0.333. The van der Waals surface area contributed by atoms with Crippen molar-refractivity contribution >= 4 is 51.6 Å². The van der Waals surface area contributed by atoms with Crippen LogP contribution in [0.5, 0.6) is 0 Å². The number of primary amides is 1. The van der Waals surface area contributed by atoms with Crippen molar-refractivity contribution < 1.29 is 19.1 Å². The van der Waals surface area contributed by atoms with Crippen LogP contribution in [0.4, 0.5) is 10.8 Å². The Bertz CT molecular complexity index is 893. The molecule has 1 unspecified atom stereocenters. The van der Waals surface area contributed by atoms with Gasteiger partial charge in [0.2, 0.25) is 5.91 Å². The summed E-state index contributed by atoms with van der Waals surface area (Å²) in [6.45, 7) is 2.39. The molecule has 0 bridgehead atoms. The molecule has 8 nitrogen and oxygen atoms in total. The van der Waals surface area contributed by atoms with E-state index in [1.807, 2.05) is 0 Å². The van der Waals surface area contributed by atoms with Crippen LogP contribution in [0.25, 0.3) is 0 Å². The third-order valence-electron chi connectivity index (χ3n) is 3.93. The Morgan fingerprint density at radius 3 is 2.89 bits per heavy atom. The number of amides is 3. The zero-order valence-electron chi connectivity index (χ0n) is 15.2. The smallest absolute Gasteiger partial charge is 0.257 e. The van der Waals surface area contributed by atoms with Crippen molar-refractivity contribution in [2.24, 2.45) is 5.73 Å². The molecule has 28 heavy (non-hydrogen) atoms. The minimum Gasteiger partial charge on any atom is -0.369 e. The average molecular weight is 421 g/mol. The Kier molecular flexibility index (Phi) is 6.65. The van der Waals surface area contributed by atoms with Crippen LogP contribution in [0.1, 0.15) is 28.9 Å². The van der Waals surface area contributed by atoms with E-state index >= 15 is 0 Å². The number of thioether (sulfide) groups is 1. The summed E-state index contributed by atoms with van der Waals surface area (Å²) in [6, 6.07) is 6.67. The minimum atomic E-state index is -0.438. The summed E-state index contributed by atoms with van der Waals surface area (Å²) in [4.78, 5) is 39.9. The molecule has 0 spiro atoms. The second-order valence-corrected chi connectivity index (χ2v) is 8.42. The van der Waals surface area contributed by atoms with Gasteiger partial charge in [0.25, 0.3) is 11.8 Å². The number of benzene rings is 1. The SMILES string of the molecule is Cc1nc(NC(=O)c2cccc(NC(=O)C3CCCO3)c2)sc1SCC(N)=O. The number of thiazole rings is 1. The zero-order valence-corrected chi connectivity index (χ0v) is 16.8. The Morgan fingerprint density at radius 1 is 1.36 bits per heavy atom. The quantitative estimate of drug-likeness (QED) is 0.591. The van der Waals surface area contributed by atoms with Crippen molar-refractivity contribution in [3.05, 3.63) is 35.5 Å². The molecule has 10 heteroatoms. The standard InChI is InChI=1S/C18H20N4O4S2/c1-10-17(27-9-14(19)23)28-18(20-10)22-15(24)11-4-2-5-12(8-11)21-16(25)13-6-3-7-26-13/h2,4-5,8,13H,3,6-7,9H2,1H3,(H2,19,23)(H,21,25)(H,20,22,24). The number of rotatable bonds is 7. The lowest BCUT2D eigenvalue weighted by Crippen LogP contribution is -2.27. The molecule has 1 atom stereocenters. The molecule has 0 aliphatic carbocycles. The number of ether oxygens (including phenoxy) is 1. The summed E-state index contributed by atoms with van der Waals surface area (Å²) in [5.74, 6) is -0.802. The van der Waals surface area contributed by atoms with Gasteiger partial charge >= 0.3 is 0 Å². The summed E-state index contributed by atoms with van der Waals surface area (Å²) in [5.41, 5.74) is 6.81. The first-order valence-electron chi connectivity index (χ1n) is 8.65. The molecule has 1 saturated heterocycles. The second-order valence-electron chi connectivity index (χ2n) is 6.17. The number of carbonyl (C=O) groups is 3. The van der Waals surface area contributed by atoms with Crippen molar-refractivity contribution in [2.75, 3.05) is 23.0 Å². The largest absolute Gasteiger partial charge is 0.369 e. The molecule has 1 aromatic heterocycles. The third kappa shape index (κ3) is 5.31. The normalized spacial score (nSPS) is 16.0. The van der Waals surface area contributed by atoms with E-state index < -0.39 is 12.0 Å². The zero-order chi connectivity index (χ0) is 20.1. The van der Waals surface area contributed by atoms with Gasteiger partial charge in [-0.15, -0.1) is 11.8 Å². The minimum absolute atomic E-state index is 0.156. The molecular weight excluding hydrogens is 400 g/mol. The number of aromatic nitrogens is 1. The van der Waals surface area contributed by atoms with Crippen LogP contribution < -0.4 is 16.4 Å². The molecular formula is C18H20N4O4S2. The van der Waals surface area contributed by atoms with E-state index in [9.17, 15) is 14.4 Å². The highest BCUT2D eigenvalue weighted by Crippen LogP contribution is 2.32. The van der Waals surface area contributed by atoms with Gasteiger partial charge < -0.3 is 15.8 Å². The number of nitrogens with zero attached hydrogens (tertiary/aromatic N) is 1. The van der Waals surface area contributed by atoms with Crippen LogP contribution in [0, 0.1) is 6.92 Å². The molecule has 3 amide bonds. The van der Waals surface area contributed by atoms with Crippen LogP contribution >= 0.6 is 23.1 Å². The highest BCUT2D eigenvalue weighted by atomic mass is 32.2. The number of carbonyl (C=O) groups excluding carboxylic acids is 3. The molecule has 2 heterocycles. The lowest BCUT2D eigenvalue weighted by Gasteiger charge is -2.11. The predicted octanol–water partition coefficient (Wildman–Crippen LogP) is 2.40. The van der Waals surface area contributed by atoms with Crippen molar-refractivity contribution in [3.63, 3.8) is 0 Å². The fourth-order valence-electron chi connectivity index (χ4n) is 2.62. The first-order chi connectivity index (χ1) is 13.4. The van der Waals surface area contributed by atoms with Gasteiger partial charge in [-0.2, -0.15) is 0 Å². The Hall–Kier alpha value is -2.43. The molecule has 4 N–H and O–H groups in total. The molecule has 0 saturated carbocycles. The van der Waals surface area contributed by atoms with E-state index in [1.54, 1.807) is 31.2 Å². The summed E-state index contributed by atoms with van der Waals surface area (Å²) in [7, 11) is 0. The molecule has 148 valence electrons. The number of aryl methyl sites for hydroxylation is 1. The summed E-state index contributed by atoms with van der Waals surface area (Å²) in [5, 5.41) is 5.96. The molecule has 3 rings (SSSR count). The van der Waals surface area contributed by atoms with E-state index in [1.165, 1.54) is 23.1 Å². The van der Waals surface area contributed by atoms with Gasteiger partial charge in [0.15, 0.2) is 5.13 Å². The number of nitrogens with two attached hydrogens (primary N) is 1. The maximum Gasteiger partial charge on any atom is 0.257 e. The van der Waals surface area contributed by atoms with Gasteiger partial charge in [-0.25, -0.2) is 4.98 Å². The topological polar surface area (TPSA) is 123 Å². The maximum atomic E-state index is 12.5. The van der Waals surface area contributed by atoms with E-state index in [2.05, 4.69) is 15.6 Å². The van der Waals surface area contributed by atoms with Crippen LogP contribution in [-0.2, 0) is 14.3 Å². The van der Waals surface area contributed by atoms with E-state index in [0.717, 1.165) is 16.3 Å². The van der Waals surface area contributed by atoms with Gasteiger partial charge in [-0.05, 0) is 38.0 Å². The number of hydrogen-bond acceptors (Lipinski definition) is 7. The summed E-state index contributed by atoms with van der Waals surface area (Å²) in [6.07, 6.45) is 1.13. The van der Waals surface area contributed by atoms with Crippen molar-refractivity contribution in [2.45, 2.75) is 30.1 Å². The number of anilines is 2. The van der Waals surface area contributed by atoms with Gasteiger partial charge in [-0.1, -0.05) is 17.4 Å². The second kappa shape index (κ2) is 9.18. The van der Waals surface area contributed by atoms with Crippen LogP contribution in [0.15, 0.2) is 28.5 Å². The highest BCUT2D eigenvalue weighted by molar-refractivity contribution is 8.01. The van der Waals surface area contributed by atoms with Crippen LogP contribution in [0.3, 0.4) is 0 Å². The van der Waals surface area contributed by atoms with Crippen molar-refractivity contribution in [3.8, 4) is 0 Å². The lowest BCUT2D eigenvalue weighted by atomic mass is 10.1. The van der Waals surface area contributed by atoms with Gasteiger partial charge in [-0.3, -0.25) is 19.7 Å². The third-order valence-corrected chi connectivity index (χ3v) is 6.39. The van der Waals surface area contributed by atoms with Crippen LogP contribution in [0.2, 0.25) is 0 Å². The molecule has 1 fully saturated rings. The molecule has 1 aliphatic rings. The monoisotopic (exact) mass is 420 g/mol. The predicted molar refractivity (Wildman–Crippen MR) is 109 cm³/mol. The lowest BCUT2D eigenvalue weighted by molar-refractivity contribution is -0.124. The number of hydrogen-bond donors (Lipinski definition) is 3. The fourth-order valence-corrected chi connectivity index (χ4v) is 4.49. The highest BCUT2D eigenvalue weighted by Gasteiger charge is 2.23. The van der Waals surface area contributed by atoms with E-state index in [0.29, 0.717) is 29.4 Å². The van der Waals surface area contributed by atoms with Crippen LogP contribution in [-0.4, -0.2) is 41.2 Å². The van der Waals surface area contributed by atoms with Crippen molar-refractivity contribution in [1.29, 1.82) is 0 Å². The molecule has 0 radical (unpaired) electrons. The van der Waals surface area contributed by atoms with Gasteiger partial charge in [0.05, 0.1) is 15.7 Å². The van der Waals surface area contributed by atoms with Crippen molar-refractivity contribution in [1.82, 2.24) is 4.98 Å². The Labute approximate surface area is 170 Å². The Morgan fingerprint density at radius 2 is 2.18 bits per heavy atom. The molecule has 1 aromatic carbocycles. The average Bonchev–Trinajstić information content (AvgIpc) is 3.30. The summed E-state index contributed by atoms with van der Waals surface area (Å²) >= 11 is 2.57. The first kappa shape index (κ1) is 20.3. The first-order valence-corrected chi connectivity index (χ1v) is 10.4. The van der Waals surface area contributed by atoms with Gasteiger partial charge in [0, 0.05) is 17.9 Å². The van der Waals surface area contributed by atoms with E-state index in [4.69, 9.17) is 10.5 Å². The van der Waals surface area contributed by atoms with Gasteiger partial charge in [0.1, 0.15) is 6.10 Å².